The number of rotatable bonds is 7. The SMILES string of the molecule is CC(C)[C@H](N)C(=O)N[C@@H](C)C(=O)Cc1ccc(CO)cc1. The number of Topliss-reactive ketones (excluding diaryl/α,β-unsaturated/α-hetero) is 1. The van der Waals surface area contributed by atoms with E-state index in [4.69, 9.17) is 10.8 Å². The highest BCUT2D eigenvalue weighted by Crippen LogP contribution is 2.07. The van der Waals surface area contributed by atoms with Crippen LogP contribution in [0, 0.1) is 5.92 Å². The van der Waals surface area contributed by atoms with Crippen molar-refractivity contribution < 1.29 is 14.7 Å². The Morgan fingerprint density at radius 2 is 1.67 bits per heavy atom. The van der Waals surface area contributed by atoms with Crippen molar-refractivity contribution in [1.29, 1.82) is 0 Å². The summed E-state index contributed by atoms with van der Waals surface area (Å²) in [6.45, 7) is 5.36. The Kier molecular flexibility index (Phi) is 6.52. The average molecular weight is 292 g/mol. The number of ketones is 1. The minimum Gasteiger partial charge on any atom is -0.392 e. The molecule has 1 amide bonds. The van der Waals surface area contributed by atoms with Gasteiger partial charge in [-0.1, -0.05) is 38.1 Å². The number of hydrogen-bond acceptors (Lipinski definition) is 4. The Morgan fingerprint density at radius 1 is 1.14 bits per heavy atom. The molecule has 1 aromatic rings. The van der Waals surface area contributed by atoms with Crippen molar-refractivity contribution >= 4 is 11.7 Å². The molecular weight excluding hydrogens is 268 g/mol. The molecule has 0 aliphatic rings. The Hall–Kier alpha value is -1.72. The van der Waals surface area contributed by atoms with Crippen molar-refractivity contribution in [3.63, 3.8) is 0 Å². The van der Waals surface area contributed by atoms with Gasteiger partial charge in [0.25, 0.3) is 0 Å². The van der Waals surface area contributed by atoms with Crippen LogP contribution in [-0.4, -0.2) is 28.9 Å². The van der Waals surface area contributed by atoms with E-state index in [1.807, 2.05) is 13.8 Å². The van der Waals surface area contributed by atoms with E-state index in [1.165, 1.54) is 0 Å². The summed E-state index contributed by atoms with van der Waals surface area (Å²) in [5, 5.41) is 11.6. The maximum atomic E-state index is 12.1. The van der Waals surface area contributed by atoms with Crippen molar-refractivity contribution in [2.45, 2.75) is 45.9 Å². The molecule has 0 aliphatic heterocycles. The monoisotopic (exact) mass is 292 g/mol. The number of amides is 1. The van der Waals surface area contributed by atoms with Crippen LogP contribution in [0.25, 0.3) is 0 Å². The highest BCUT2D eigenvalue weighted by molar-refractivity contribution is 5.91. The number of nitrogens with one attached hydrogen (secondary N) is 1. The van der Waals surface area contributed by atoms with Gasteiger partial charge in [0, 0.05) is 6.42 Å². The molecule has 2 atom stereocenters. The summed E-state index contributed by atoms with van der Waals surface area (Å²) < 4.78 is 0. The zero-order chi connectivity index (χ0) is 16.0. The van der Waals surface area contributed by atoms with Gasteiger partial charge in [-0.25, -0.2) is 0 Å². The summed E-state index contributed by atoms with van der Waals surface area (Å²) in [5.74, 6) is -0.351. The molecule has 0 unspecified atom stereocenters. The Balaban J connectivity index is 2.56. The van der Waals surface area contributed by atoms with Crippen LogP contribution in [-0.2, 0) is 22.6 Å². The lowest BCUT2D eigenvalue weighted by Crippen LogP contribution is -2.49. The average Bonchev–Trinajstić information content (AvgIpc) is 2.46. The van der Waals surface area contributed by atoms with Gasteiger partial charge in [-0.15, -0.1) is 0 Å². The second-order valence-electron chi connectivity index (χ2n) is 5.62. The maximum absolute atomic E-state index is 12.1. The molecule has 0 fully saturated rings. The first-order valence-electron chi connectivity index (χ1n) is 7.12. The van der Waals surface area contributed by atoms with E-state index in [2.05, 4.69) is 5.32 Å². The van der Waals surface area contributed by atoms with Crippen LogP contribution in [0.15, 0.2) is 24.3 Å². The molecule has 5 nitrogen and oxygen atoms in total. The third-order valence-electron chi connectivity index (χ3n) is 3.45. The van der Waals surface area contributed by atoms with Gasteiger partial charge in [-0.3, -0.25) is 9.59 Å². The molecule has 0 spiro atoms. The van der Waals surface area contributed by atoms with E-state index in [0.29, 0.717) is 0 Å². The summed E-state index contributed by atoms with van der Waals surface area (Å²) in [4.78, 5) is 23.9. The van der Waals surface area contributed by atoms with Gasteiger partial charge in [0.15, 0.2) is 5.78 Å². The highest BCUT2D eigenvalue weighted by Gasteiger charge is 2.22. The zero-order valence-electron chi connectivity index (χ0n) is 12.8. The van der Waals surface area contributed by atoms with Gasteiger partial charge in [-0.2, -0.15) is 0 Å². The number of carbonyl (C=O) groups is 2. The topological polar surface area (TPSA) is 92.4 Å². The van der Waals surface area contributed by atoms with Crippen molar-refractivity contribution in [3.05, 3.63) is 35.4 Å². The normalized spacial score (nSPS) is 13.8. The minimum absolute atomic E-state index is 0.0201. The van der Waals surface area contributed by atoms with Crippen molar-refractivity contribution in [1.82, 2.24) is 5.32 Å². The van der Waals surface area contributed by atoms with Crippen LogP contribution in [0.2, 0.25) is 0 Å². The molecule has 4 N–H and O–H groups in total. The lowest BCUT2D eigenvalue weighted by molar-refractivity contribution is -0.128. The fourth-order valence-electron chi connectivity index (χ4n) is 1.81. The molecule has 0 aromatic heterocycles. The molecule has 116 valence electrons. The molecule has 0 aliphatic carbocycles. The van der Waals surface area contributed by atoms with Crippen LogP contribution in [0.3, 0.4) is 0 Å². The first kappa shape index (κ1) is 17.3. The number of benzene rings is 1. The molecule has 0 bridgehead atoms. The molecule has 0 saturated carbocycles. The molecule has 1 rings (SSSR count). The van der Waals surface area contributed by atoms with E-state index in [0.717, 1.165) is 11.1 Å². The van der Waals surface area contributed by atoms with Crippen LogP contribution < -0.4 is 11.1 Å². The molecule has 1 aromatic carbocycles. The second-order valence-corrected chi connectivity index (χ2v) is 5.62. The fourth-order valence-corrected chi connectivity index (χ4v) is 1.81. The molecule has 0 heterocycles. The van der Waals surface area contributed by atoms with Gasteiger partial charge in [0.05, 0.1) is 18.7 Å². The van der Waals surface area contributed by atoms with Crippen LogP contribution in [0.4, 0.5) is 0 Å². The summed E-state index contributed by atoms with van der Waals surface area (Å²) >= 11 is 0. The molecular formula is C16H24N2O3. The third-order valence-corrected chi connectivity index (χ3v) is 3.45. The standard InChI is InChI=1S/C16H24N2O3/c1-10(2)15(17)16(21)18-11(3)14(20)8-12-4-6-13(9-19)7-5-12/h4-7,10-11,15,19H,8-9,17H2,1-3H3,(H,18,21)/t11-,15-/m0/s1. The number of carbonyl (C=O) groups excluding carboxylic acids is 2. The van der Waals surface area contributed by atoms with E-state index in [-0.39, 0.29) is 30.6 Å². The Labute approximate surface area is 125 Å². The Morgan fingerprint density at radius 3 is 2.14 bits per heavy atom. The van der Waals surface area contributed by atoms with Crippen LogP contribution in [0.5, 0.6) is 0 Å². The smallest absolute Gasteiger partial charge is 0.237 e. The number of aliphatic hydroxyl groups excluding tert-OH is 1. The molecule has 0 saturated heterocycles. The van der Waals surface area contributed by atoms with Gasteiger partial charge >= 0.3 is 0 Å². The lowest BCUT2D eigenvalue weighted by atomic mass is 10.0. The largest absolute Gasteiger partial charge is 0.392 e. The van der Waals surface area contributed by atoms with Gasteiger partial charge in [0.1, 0.15) is 0 Å². The number of aliphatic hydroxyl groups is 1. The highest BCUT2D eigenvalue weighted by atomic mass is 16.3. The van der Waals surface area contributed by atoms with Crippen molar-refractivity contribution in [3.8, 4) is 0 Å². The second kappa shape index (κ2) is 7.90. The number of nitrogens with two attached hydrogens (primary N) is 1. The van der Waals surface area contributed by atoms with Gasteiger partial charge in [-0.05, 0) is 24.0 Å². The quantitative estimate of drug-likeness (QED) is 0.692. The van der Waals surface area contributed by atoms with E-state index in [9.17, 15) is 9.59 Å². The summed E-state index contributed by atoms with van der Waals surface area (Å²) in [7, 11) is 0. The predicted molar refractivity (Wildman–Crippen MR) is 81.5 cm³/mol. The molecule has 5 heteroatoms. The number of hydrogen-bond donors (Lipinski definition) is 3. The van der Waals surface area contributed by atoms with Crippen molar-refractivity contribution in [2.75, 3.05) is 0 Å². The zero-order valence-corrected chi connectivity index (χ0v) is 12.8. The maximum Gasteiger partial charge on any atom is 0.237 e. The summed E-state index contributed by atoms with van der Waals surface area (Å²) in [5.41, 5.74) is 7.40. The predicted octanol–water partition coefficient (Wildman–Crippen LogP) is 0.779. The Bertz CT molecular complexity index is 483. The van der Waals surface area contributed by atoms with E-state index in [1.54, 1.807) is 31.2 Å². The summed E-state index contributed by atoms with van der Waals surface area (Å²) in [6.07, 6.45) is 0.240. The van der Waals surface area contributed by atoms with Crippen LogP contribution >= 0.6 is 0 Å². The van der Waals surface area contributed by atoms with E-state index >= 15 is 0 Å². The third kappa shape index (κ3) is 5.28. The van der Waals surface area contributed by atoms with Gasteiger partial charge < -0.3 is 16.2 Å². The first-order chi connectivity index (χ1) is 9.85. The fraction of sp³-hybridized carbons (Fsp3) is 0.500. The van der Waals surface area contributed by atoms with Crippen LogP contribution in [0.1, 0.15) is 31.9 Å². The molecule has 21 heavy (non-hydrogen) atoms. The minimum atomic E-state index is -0.607. The summed E-state index contributed by atoms with van der Waals surface area (Å²) in [6, 6.07) is 5.99. The van der Waals surface area contributed by atoms with Gasteiger partial charge in [0.2, 0.25) is 5.91 Å². The molecule has 0 radical (unpaired) electrons. The first-order valence-corrected chi connectivity index (χ1v) is 7.12. The lowest BCUT2D eigenvalue weighted by Gasteiger charge is -2.19. The van der Waals surface area contributed by atoms with Crippen molar-refractivity contribution in [2.24, 2.45) is 11.7 Å². The van der Waals surface area contributed by atoms with E-state index < -0.39 is 12.1 Å².